The first kappa shape index (κ1) is 34.8. The Morgan fingerprint density at radius 2 is 1.04 bits per heavy atom. The average molecular weight is 717 g/mol. The van der Waals surface area contributed by atoms with Gasteiger partial charge in [0.25, 0.3) is 0 Å². The lowest BCUT2D eigenvalue weighted by Crippen LogP contribution is -2.75. The summed E-state index contributed by atoms with van der Waals surface area (Å²) in [5.74, 6) is 0.593. The summed E-state index contributed by atoms with van der Waals surface area (Å²) in [4.78, 5) is 0. The fraction of sp³-hybridized carbons (Fsp3) is 0.345. The Balaban J connectivity index is 1.39. The zero-order valence-electron chi connectivity index (χ0n) is 34.3. The maximum Gasteiger partial charge on any atom is 0.00475 e. The third-order valence-electron chi connectivity index (χ3n) is 18.6. The number of allylic oxidation sites excluding steroid dienone is 16. The zero-order valence-corrected chi connectivity index (χ0v) is 34.3. The molecule has 55 heavy (non-hydrogen) atoms. The Labute approximate surface area is 329 Å². The van der Waals surface area contributed by atoms with Crippen molar-refractivity contribution in [3.63, 3.8) is 0 Å². The van der Waals surface area contributed by atoms with E-state index in [0.29, 0.717) is 5.92 Å². The van der Waals surface area contributed by atoms with Crippen molar-refractivity contribution in [1.82, 2.24) is 0 Å². The van der Waals surface area contributed by atoms with Gasteiger partial charge in [0.1, 0.15) is 0 Å². The highest BCUT2D eigenvalue weighted by atomic mass is 14.9. The molecule has 2 fully saturated rings. The number of rotatable bonds is 3. The number of benzene rings is 4. The lowest BCUT2D eigenvalue weighted by Gasteiger charge is -2.80. The highest BCUT2D eigenvalue weighted by Gasteiger charge is 2.87. The van der Waals surface area contributed by atoms with Crippen LogP contribution in [0.15, 0.2) is 168 Å². The Kier molecular flexibility index (Phi) is 6.96. The van der Waals surface area contributed by atoms with E-state index in [2.05, 4.69) is 214 Å². The maximum absolute atomic E-state index is 2.75. The summed E-state index contributed by atoms with van der Waals surface area (Å²) in [6, 6.07) is 32.5. The van der Waals surface area contributed by atoms with E-state index in [1.165, 1.54) is 55.0 Å². The molecule has 0 N–H and O–H groups in total. The van der Waals surface area contributed by atoms with Gasteiger partial charge in [-0.05, 0) is 103 Å². The third-order valence-corrected chi connectivity index (χ3v) is 18.6. The molecule has 0 amide bonds. The molecule has 0 aromatic heterocycles. The van der Waals surface area contributed by atoms with Crippen LogP contribution in [0.1, 0.15) is 79.9 Å². The average Bonchev–Trinajstić information content (AvgIpc) is 3.78. The maximum atomic E-state index is 2.75. The molecule has 276 valence electrons. The predicted octanol–water partition coefficient (Wildman–Crippen LogP) is 14.7. The zero-order chi connectivity index (χ0) is 38.4. The highest BCUT2D eigenvalue weighted by molar-refractivity contribution is 6.06. The van der Waals surface area contributed by atoms with E-state index in [9.17, 15) is 0 Å². The fourth-order valence-corrected chi connectivity index (χ4v) is 15.0. The van der Waals surface area contributed by atoms with Crippen LogP contribution in [-0.2, 0) is 0 Å². The van der Waals surface area contributed by atoms with Gasteiger partial charge in [0.15, 0.2) is 0 Å². The van der Waals surface area contributed by atoms with Gasteiger partial charge in [-0.3, -0.25) is 0 Å². The van der Waals surface area contributed by atoms with Crippen LogP contribution in [-0.4, -0.2) is 0 Å². The van der Waals surface area contributed by atoms with Crippen LogP contribution in [0.25, 0.3) is 32.7 Å². The van der Waals surface area contributed by atoms with E-state index >= 15 is 0 Å². The van der Waals surface area contributed by atoms with Gasteiger partial charge in [0.2, 0.25) is 0 Å². The van der Waals surface area contributed by atoms with E-state index in [1.807, 2.05) is 0 Å². The van der Waals surface area contributed by atoms with Gasteiger partial charge in [-0.2, -0.15) is 0 Å². The summed E-state index contributed by atoms with van der Waals surface area (Å²) in [6.45, 7) is 23.9. The molecule has 0 bridgehead atoms. The van der Waals surface area contributed by atoms with Crippen molar-refractivity contribution in [2.45, 2.75) is 68.7 Å². The topological polar surface area (TPSA) is 0 Å². The van der Waals surface area contributed by atoms with Gasteiger partial charge in [-0.15, -0.1) is 0 Å². The molecule has 4 aromatic carbocycles. The predicted molar refractivity (Wildman–Crippen MR) is 235 cm³/mol. The minimum atomic E-state index is -0.202. The SMILES string of the molecule is CC1=C(C2=CC=CC2)C(c2ccc3ccccc3c2)=C(c2ccc3ccccc3c2)C2C(C)C3(C)C4(C)C=CC=CC4(C)C4(C)C=CC=CC4(C)C3(C)C12C. The Morgan fingerprint density at radius 1 is 0.527 bits per heavy atom. The van der Waals surface area contributed by atoms with Crippen LogP contribution in [0.5, 0.6) is 0 Å². The van der Waals surface area contributed by atoms with Gasteiger partial charge in [-0.1, -0.05) is 201 Å². The summed E-state index contributed by atoms with van der Waals surface area (Å²) in [5.41, 5.74) is 9.08. The van der Waals surface area contributed by atoms with E-state index in [-0.39, 0.29) is 43.8 Å². The van der Waals surface area contributed by atoms with E-state index in [1.54, 1.807) is 5.57 Å². The van der Waals surface area contributed by atoms with Crippen molar-refractivity contribution in [3.8, 4) is 0 Å². The molecule has 0 heteroatoms. The largest absolute Gasteiger partial charge is 0.0801 e. The van der Waals surface area contributed by atoms with Crippen LogP contribution >= 0.6 is 0 Å². The molecule has 0 heterocycles. The standard InChI is InChI=1S/C55H56/c1-36-45(40-22-12-13-23-40)46(43-28-26-38-20-10-14-24-41(38)34-43)47(44-29-27-39-21-11-15-25-42(39)35-44)48-37(2)54(8)51(5)32-18-16-30-49(51,3)50(4)31-17-19-33-52(50,6)55(54,9)53(36,48)7/h10-22,24-35,37,48H,23H2,1-9H3. The lowest BCUT2D eigenvalue weighted by atomic mass is 9.23. The molecular formula is C55H56. The second-order valence-corrected chi connectivity index (χ2v) is 19.3. The van der Waals surface area contributed by atoms with Gasteiger partial charge in [0.05, 0.1) is 0 Å². The van der Waals surface area contributed by atoms with Crippen molar-refractivity contribution in [2.75, 3.05) is 0 Å². The molecule has 9 atom stereocenters. The van der Waals surface area contributed by atoms with Crippen molar-refractivity contribution in [2.24, 2.45) is 49.7 Å². The first-order valence-corrected chi connectivity index (χ1v) is 20.8. The molecule has 0 saturated heterocycles. The van der Waals surface area contributed by atoms with E-state index in [0.717, 1.165) is 6.42 Å². The fourth-order valence-electron chi connectivity index (χ4n) is 15.0. The summed E-state index contributed by atoms with van der Waals surface area (Å²) in [6.07, 6.45) is 28.0. The van der Waals surface area contributed by atoms with Gasteiger partial charge in [0, 0.05) is 27.1 Å². The smallest absolute Gasteiger partial charge is 0.00475 e. The van der Waals surface area contributed by atoms with Crippen molar-refractivity contribution >= 4 is 32.7 Å². The summed E-state index contributed by atoms with van der Waals surface area (Å²) < 4.78 is 0. The number of hydrogen-bond acceptors (Lipinski definition) is 0. The molecular weight excluding hydrogens is 661 g/mol. The number of hydrogen-bond donors (Lipinski definition) is 0. The molecule has 10 rings (SSSR count). The van der Waals surface area contributed by atoms with Crippen LogP contribution < -0.4 is 0 Å². The van der Waals surface area contributed by atoms with Crippen LogP contribution in [0.3, 0.4) is 0 Å². The normalized spacial score (nSPS) is 39.8. The van der Waals surface area contributed by atoms with E-state index < -0.39 is 0 Å². The molecule has 0 nitrogen and oxygen atoms in total. The van der Waals surface area contributed by atoms with Gasteiger partial charge in [-0.25, -0.2) is 0 Å². The molecule has 2 saturated carbocycles. The van der Waals surface area contributed by atoms with E-state index in [4.69, 9.17) is 0 Å². The first-order valence-electron chi connectivity index (χ1n) is 20.8. The van der Waals surface area contributed by atoms with Gasteiger partial charge < -0.3 is 0 Å². The quantitative estimate of drug-likeness (QED) is 0.198. The second-order valence-electron chi connectivity index (χ2n) is 19.3. The Hall–Kier alpha value is -4.68. The molecule has 0 radical (unpaired) electrons. The Morgan fingerprint density at radius 3 is 1.62 bits per heavy atom. The molecule has 0 spiro atoms. The third kappa shape index (κ3) is 3.68. The van der Waals surface area contributed by atoms with Crippen molar-refractivity contribution in [3.05, 3.63) is 180 Å². The molecule has 0 aliphatic heterocycles. The monoisotopic (exact) mass is 716 g/mol. The second kappa shape index (κ2) is 11.0. The van der Waals surface area contributed by atoms with Crippen molar-refractivity contribution < 1.29 is 0 Å². The minimum absolute atomic E-state index is 0.116. The molecule has 4 aromatic rings. The van der Waals surface area contributed by atoms with Crippen LogP contribution in [0, 0.1) is 49.7 Å². The summed E-state index contributed by atoms with van der Waals surface area (Å²) >= 11 is 0. The van der Waals surface area contributed by atoms with Crippen molar-refractivity contribution in [1.29, 1.82) is 0 Å². The molecule has 6 aliphatic carbocycles. The molecule has 9 unspecified atom stereocenters. The summed E-state index contributed by atoms with van der Waals surface area (Å²) in [5, 5.41) is 5.19. The minimum Gasteiger partial charge on any atom is -0.0801 e. The summed E-state index contributed by atoms with van der Waals surface area (Å²) in [7, 11) is 0. The Bertz CT molecular complexity index is 2610. The first-order chi connectivity index (χ1) is 26.2. The molecule has 6 aliphatic rings. The lowest BCUT2D eigenvalue weighted by molar-refractivity contribution is -0.271. The van der Waals surface area contributed by atoms with Crippen LogP contribution in [0.4, 0.5) is 0 Å². The van der Waals surface area contributed by atoms with Gasteiger partial charge >= 0.3 is 0 Å². The highest BCUT2D eigenvalue weighted by Crippen LogP contribution is 2.92. The van der Waals surface area contributed by atoms with Crippen LogP contribution in [0.2, 0.25) is 0 Å². The number of fused-ring (bicyclic) bond motifs is 10.